The molecule has 4 heteroatoms. The summed E-state index contributed by atoms with van der Waals surface area (Å²) in [4.78, 5) is 21.0. The average Bonchev–Trinajstić information content (AvgIpc) is 2.53. The Morgan fingerprint density at radius 3 is 3.08 bits per heavy atom. The van der Waals surface area contributed by atoms with Crippen molar-refractivity contribution in [1.29, 1.82) is 0 Å². The van der Waals surface area contributed by atoms with Gasteiger partial charge in [-0.15, -0.1) is 0 Å². The average molecular weight is 177 g/mol. The van der Waals surface area contributed by atoms with Crippen LogP contribution in [0.2, 0.25) is 0 Å². The van der Waals surface area contributed by atoms with Crippen molar-refractivity contribution in [3.8, 4) is 0 Å². The van der Waals surface area contributed by atoms with E-state index in [1.165, 1.54) is 6.33 Å². The van der Waals surface area contributed by atoms with Crippen molar-refractivity contribution < 1.29 is 4.79 Å². The maximum Gasteiger partial charge on any atom is 0.148 e. The van der Waals surface area contributed by atoms with Gasteiger partial charge in [-0.3, -0.25) is 9.69 Å². The molecular weight excluding hydrogens is 166 g/mol. The molecule has 0 amide bonds. The Hall–Kier alpha value is -1.29. The molecule has 0 unspecified atom stereocenters. The van der Waals surface area contributed by atoms with Gasteiger partial charge in [0.1, 0.15) is 12.1 Å². The van der Waals surface area contributed by atoms with Gasteiger partial charge in [0.25, 0.3) is 0 Å². The number of nitrogens with zero attached hydrogens (tertiary/aromatic N) is 3. The zero-order chi connectivity index (χ0) is 9.10. The van der Waals surface area contributed by atoms with Crippen LogP contribution >= 0.6 is 0 Å². The lowest BCUT2D eigenvalue weighted by atomic mass is 10.4. The minimum absolute atomic E-state index is 0.328. The lowest BCUT2D eigenvalue weighted by Crippen LogP contribution is -2.20. The molecule has 1 aliphatic heterocycles. The first-order chi connectivity index (χ1) is 6.34. The number of hydrogen-bond donors (Lipinski definition) is 0. The second-order valence-corrected chi connectivity index (χ2v) is 3.20. The van der Waals surface area contributed by atoms with E-state index in [0.717, 1.165) is 18.8 Å². The summed E-state index contributed by atoms with van der Waals surface area (Å²) in [5, 5.41) is 0. The van der Waals surface area contributed by atoms with Crippen LogP contribution in [0.15, 0.2) is 18.6 Å². The molecule has 0 aromatic carbocycles. The molecular formula is C9H11N3O. The third-order valence-corrected chi connectivity index (χ3v) is 2.14. The van der Waals surface area contributed by atoms with Crippen LogP contribution in [0.5, 0.6) is 0 Å². The smallest absolute Gasteiger partial charge is 0.148 e. The van der Waals surface area contributed by atoms with Gasteiger partial charge in [0.05, 0.1) is 12.2 Å². The van der Waals surface area contributed by atoms with E-state index in [1.807, 2.05) is 6.07 Å². The van der Waals surface area contributed by atoms with Gasteiger partial charge in [0, 0.05) is 25.7 Å². The first-order valence-electron chi connectivity index (χ1n) is 4.33. The van der Waals surface area contributed by atoms with Gasteiger partial charge >= 0.3 is 0 Å². The number of rotatable bonds is 2. The molecule has 0 aliphatic carbocycles. The Kier molecular flexibility index (Phi) is 2.31. The van der Waals surface area contributed by atoms with Crippen LogP contribution in [-0.4, -0.2) is 33.7 Å². The van der Waals surface area contributed by atoms with Crippen LogP contribution in [0.1, 0.15) is 12.1 Å². The summed E-state index contributed by atoms with van der Waals surface area (Å²) < 4.78 is 0. The highest BCUT2D eigenvalue weighted by Gasteiger charge is 2.19. The number of carbonyl (C=O) groups is 1. The Morgan fingerprint density at radius 2 is 2.46 bits per heavy atom. The van der Waals surface area contributed by atoms with Crippen LogP contribution < -0.4 is 0 Å². The molecule has 0 N–H and O–H groups in total. The van der Waals surface area contributed by atoms with Gasteiger partial charge < -0.3 is 0 Å². The highest BCUT2D eigenvalue weighted by atomic mass is 16.1. The van der Waals surface area contributed by atoms with E-state index in [4.69, 9.17) is 0 Å². The van der Waals surface area contributed by atoms with Crippen LogP contribution in [0.4, 0.5) is 0 Å². The fourth-order valence-electron chi connectivity index (χ4n) is 1.47. The molecule has 0 bridgehead atoms. The van der Waals surface area contributed by atoms with E-state index in [-0.39, 0.29) is 0 Å². The maximum atomic E-state index is 11.0. The molecule has 1 aromatic heterocycles. The highest BCUT2D eigenvalue weighted by Crippen LogP contribution is 2.07. The standard InChI is InChI=1S/C9H11N3O/c13-9-2-4-12(6-9)5-8-1-3-10-7-11-8/h1,3,7H,2,4-6H2. The summed E-state index contributed by atoms with van der Waals surface area (Å²) in [6.07, 6.45) is 3.94. The van der Waals surface area contributed by atoms with Crippen molar-refractivity contribution in [2.24, 2.45) is 0 Å². The monoisotopic (exact) mass is 177 g/mol. The molecule has 1 saturated heterocycles. The molecule has 2 heterocycles. The van der Waals surface area contributed by atoms with Gasteiger partial charge in [0.2, 0.25) is 0 Å². The van der Waals surface area contributed by atoms with E-state index >= 15 is 0 Å². The summed E-state index contributed by atoms with van der Waals surface area (Å²) in [5.41, 5.74) is 0.977. The molecule has 0 atom stereocenters. The molecule has 0 saturated carbocycles. The topological polar surface area (TPSA) is 46.1 Å². The van der Waals surface area contributed by atoms with Crippen LogP contribution in [0.3, 0.4) is 0 Å². The Bertz CT molecular complexity index is 299. The van der Waals surface area contributed by atoms with Crippen molar-refractivity contribution in [2.45, 2.75) is 13.0 Å². The van der Waals surface area contributed by atoms with E-state index < -0.39 is 0 Å². The van der Waals surface area contributed by atoms with Gasteiger partial charge in [-0.1, -0.05) is 0 Å². The Morgan fingerprint density at radius 1 is 1.54 bits per heavy atom. The van der Waals surface area contributed by atoms with Gasteiger partial charge in [-0.2, -0.15) is 0 Å². The normalized spacial score (nSPS) is 18.0. The van der Waals surface area contributed by atoms with Crippen molar-refractivity contribution >= 4 is 5.78 Å². The molecule has 4 nitrogen and oxygen atoms in total. The predicted octanol–water partition coefficient (Wildman–Crippen LogP) is 0.251. The quantitative estimate of drug-likeness (QED) is 0.649. The summed E-state index contributed by atoms with van der Waals surface area (Å²) in [7, 11) is 0. The van der Waals surface area contributed by atoms with Gasteiger partial charge in [0.15, 0.2) is 0 Å². The zero-order valence-corrected chi connectivity index (χ0v) is 7.31. The molecule has 68 valence electrons. The highest BCUT2D eigenvalue weighted by molar-refractivity contribution is 5.82. The number of hydrogen-bond acceptors (Lipinski definition) is 4. The number of aromatic nitrogens is 2. The number of likely N-dealkylation sites (tertiary alicyclic amines) is 1. The van der Waals surface area contributed by atoms with E-state index in [1.54, 1.807) is 6.20 Å². The molecule has 0 radical (unpaired) electrons. The summed E-state index contributed by atoms with van der Waals surface area (Å²) in [6.45, 7) is 2.20. The van der Waals surface area contributed by atoms with Crippen LogP contribution in [0, 0.1) is 0 Å². The molecule has 1 aromatic rings. The van der Waals surface area contributed by atoms with E-state index in [9.17, 15) is 4.79 Å². The molecule has 1 aliphatic rings. The minimum Gasteiger partial charge on any atom is -0.298 e. The number of Topliss-reactive ketones (excluding diaryl/α,β-unsaturated/α-hetero) is 1. The Balaban J connectivity index is 1.96. The largest absolute Gasteiger partial charge is 0.298 e. The van der Waals surface area contributed by atoms with E-state index in [2.05, 4.69) is 14.9 Å². The Labute approximate surface area is 76.6 Å². The van der Waals surface area contributed by atoms with Gasteiger partial charge in [-0.25, -0.2) is 9.97 Å². The summed E-state index contributed by atoms with van der Waals surface area (Å²) >= 11 is 0. The minimum atomic E-state index is 0.328. The third kappa shape index (κ3) is 2.09. The second-order valence-electron chi connectivity index (χ2n) is 3.20. The maximum absolute atomic E-state index is 11.0. The lowest BCUT2D eigenvalue weighted by molar-refractivity contribution is -0.116. The van der Waals surface area contributed by atoms with E-state index in [0.29, 0.717) is 18.7 Å². The third-order valence-electron chi connectivity index (χ3n) is 2.14. The van der Waals surface area contributed by atoms with Crippen LogP contribution in [0.25, 0.3) is 0 Å². The van der Waals surface area contributed by atoms with Gasteiger partial charge in [-0.05, 0) is 6.07 Å². The van der Waals surface area contributed by atoms with Crippen molar-refractivity contribution in [2.75, 3.05) is 13.1 Å². The first-order valence-corrected chi connectivity index (χ1v) is 4.33. The molecule has 2 rings (SSSR count). The SMILES string of the molecule is O=C1CCN(Cc2ccncn2)C1. The van der Waals surface area contributed by atoms with Crippen molar-refractivity contribution in [3.05, 3.63) is 24.3 Å². The predicted molar refractivity (Wildman–Crippen MR) is 46.9 cm³/mol. The first kappa shape index (κ1) is 8.31. The van der Waals surface area contributed by atoms with Crippen LogP contribution in [-0.2, 0) is 11.3 Å². The van der Waals surface area contributed by atoms with Crippen molar-refractivity contribution in [3.63, 3.8) is 0 Å². The lowest BCUT2D eigenvalue weighted by Gasteiger charge is -2.11. The molecule has 1 fully saturated rings. The fraction of sp³-hybridized carbons (Fsp3) is 0.444. The summed E-state index contributed by atoms with van der Waals surface area (Å²) in [5.74, 6) is 0.328. The molecule has 0 spiro atoms. The zero-order valence-electron chi connectivity index (χ0n) is 7.31. The number of ketones is 1. The second kappa shape index (κ2) is 3.62. The summed E-state index contributed by atoms with van der Waals surface area (Å²) in [6, 6.07) is 1.88. The molecule has 13 heavy (non-hydrogen) atoms. The number of carbonyl (C=O) groups excluding carboxylic acids is 1. The fourth-order valence-corrected chi connectivity index (χ4v) is 1.47. The van der Waals surface area contributed by atoms with Crippen molar-refractivity contribution in [1.82, 2.24) is 14.9 Å².